The van der Waals surface area contributed by atoms with Crippen molar-refractivity contribution in [2.24, 2.45) is 11.7 Å². The van der Waals surface area contributed by atoms with Gasteiger partial charge in [0.25, 0.3) is 0 Å². The molecule has 3 nitrogen and oxygen atoms in total. The lowest BCUT2D eigenvalue weighted by Crippen LogP contribution is -2.43. The van der Waals surface area contributed by atoms with Crippen molar-refractivity contribution in [1.29, 1.82) is 0 Å². The Bertz CT molecular complexity index is 751. The zero-order valence-electron chi connectivity index (χ0n) is 15.2. The molecule has 0 bridgehead atoms. The van der Waals surface area contributed by atoms with Crippen LogP contribution in [0.15, 0.2) is 54.6 Å². The van der Waals surface area contributed by atoms with Crippen LogP contribution in [0.4, 0.5) is 4.39 Å². The van der Waals surface area contributed by atoms with Gasteiger partial charge in [0.05, 0.1) is 5.41 Å². The largest absolute Gasteiger partial charge is 0.341 e. The Morgan fingerprint density at radius 3 is 2.35 bits per heavy atom. The van der Waals surface area contributed by atoms with Crippen molar-refractivity contribution < 1.29 is 9.18 Å². The molecule has 0 aromatic heterocycles. The molecular formula is C21H26ClFN2O. The van der Waals surface area contributed by atoms with Crippen LogP contribution in [0.25, 0.3) is 0 Å². The van der Waals surface area contributed by atoms with Crippen LogP contribution in [0.1, 0.15) is 30.9 Å². The van der Waals surface area contributed by atoms with Crippen LogP contribution in [0.5, 0.6) is 0 Å². The highest BCUT2D eigenvalue weighted by atomic mass is 35.5. The van der Waals surface area contributed by atoms with Gasteiger partial charge in [0.2, 0.25) is 5.91 Å². The number of carbonyl (C=O) groups is 1. The first kappa shape index (κ1) is 20.4. The molecule has 1 fully saturated rings. The molecule has 0 saturated carbocycles. The van der Waals surface area contributed by atoms with Crippen molar-refractivity contribution in [1.82, 2.24) is 4.90 Å². The zero-order valence-corrected chi connectivity index (χ0v) is 16.0. The van der Waals surface area contributed by atoms with E-state index in [1.54, 1.807) is 32.0 Å². The van der Waals surface area contributed by atoms with Gasteiger partial charge in [-0.05, 0) is 37.9 Å². The summed E-state index contributed by atoms with van der Waals surface area (Å²) in [4.78, 5) is 15.0. The maximum Gasteiger partial charge on any atom is 0.232 e. The van der Waals surface area contributed by atoms with E-state index >= 15 is 0 Å². The van der Waals surface area contributed by atoms with Crippen molar-refractivity contribution in [3.8, 4) is 0 Å². The molecule has 140 valence electrons. The number of nitrogens with two attached hydrogens (primary N) is 1. The number of likely N-dealkylation sites (tertiary alicyclic amines) is 1. The van der Waals surface area contributed by atoms with Crippen LogP contribution in [0.3, 0.4) is 0 Å². The number of rotatable bonds is 4. The summed E-state index contributed by atoms with van der Waals surface area (Å²) in [5.41, 5.74) is 6.71. The quantitative estimate of drug-likeness (QED) is 0.883. The van der Waals surface area contributed by atoms with Crippen molar-refractivity contribution in [2.75, 3.05) is 19.6 Å². The summed E-state index contributed by atoms with van der Waals surface area (Å²) < 4.78 is 14.2. The average Bonchev–Trinajstić information content (AvgIpc) is 3.06. The van der Waals surface area contributed by atoms with Crippen LogP contribution >= 0.6 is 12.4 Å². The van der Waals surface area contributed by atoms with Gasteiger partial charge in [0.1, 0.15) is 5.82 Å². The second kappa shape index (κ2) is 8.19. The summed E-state index contributed by atoms with van der Waals surface area (Å²) in [6.45, 7) is 5.36. The smallest absolute Gasteiger partial charge is 0.232 e. The lowest BCUT2D eigenvalue weighted by atomic mass is 9.83. The predicted molar refractivity (Wildman–Crippen MR) is 105 cm³/mol. The minimum Gasteiger partial charge on any atom is -0.341 e. The Kier molecular flexibility index (Phi) is 6.43. The van der Waals surface area contributed by atoms with Gasteiger partial charge in [-0.1, -0.05) is 48.5 Å². The third-order valence-corrected chi connectivity index (χ3v) is 5.34. The minimum atomic E-state index is -0.907. The Morgan fingerprint density at radius 2 is 1.73 bits per heavy atom. The molecule has 1 heterocycles. The molecule has 2 N–H and O–H groups in total. The van der Waals surface area contributed by atoms with Crippen molar-refractivity contribution >= 4 is 18.3 Å². The second-order valence-corrected chi connectivity index (χ2v) is 7.33. The number of amides is 1. The van der Waals surface area contributed by atoms with Crippen molar-refractivity contribution in [3.05, 3.63) is 71.5 Å². The fraction of sp³-hybridized carbons (Fsp3) is 0.381. The van der Waals surface area contributed by atoms with E-state index in [1.165, 1.54) is 11.6 Å². The first-order valence-corrected chi connectivity index (χ1v) is 8.74. The Labute approximate surface area is 160 Å². The SMILES string of the molecule is CC(C)(C(=O)N1C[C@@H](CN)[C@H](c2ccccc2)C1)c1ccccc1F.Cl. The zero-order chi connectivity index (χ0) is 18.0. The molecule has 0 unspecified atom stereocenters. The van der Waals surface area contributed by atoms with Gasteiger partial charge in [0.15, 0.2) is 0 Å². The van der Waals surface area contributed by atoms with Gasteiger partial charge >= 0.3 is 0 Å². The Morgan fingerprint density at radius 1 is 1.12 bits per heavy atom. The molecule has 0 spiro atoms. The first-order chi connectivity index (χ1) is 11.9. The van der Waals surface area contributed by atoms with Gasteiger partial charge in [-0.25, -0.2) is 4.39 Å². The molecular weight excluding hydrogens is 351 g/mol. The molecule has 5 heteroatoms. The third-order valence-electron chi connectivity index (χ3n) is 5.34. The summed E-state index contributed by atoms with van der Waals surface area (Å²) in [5, 5.41) is 0. The lowest BCUT2D eigenvalue weighted by molar-refractivity contribution is -0.135. The molecule has 2 aromatic rings. The number of benzene rings is 2. The molecule has 0 radical (unpaired) electrons. The van der Waals surface area contributed by atoms with Gasteiger partial charge in [-0.15, -0.1) is 12.4 Å². The van der Waals surface area contributed by atoms with E-state index in [0.717, 1.165) is 0 Å². The minimum absolute atomic E-state index is 0. The van der Waals surface area contributed by atoms with Crippen LogP contribution in [-0.4, -0.2) is 30.4 Å². The summed E-state index contributed by atoms with van der Waals surface area (Å²) >= 11 is 0. The highest BCUT2D eigenvalue weighted by Crippen LogP contribution is 2.36. The van der Waals surface area contributed by atoms with Crippen LogP contribution in [0, 0.1) is 11.7 Å². The Balaban J connectivity index is 0.00000243. The molecule has 3 rings (SSSR count). The number of halogens is 2. The number of hydrogen-bond acceptors (Lipinski definition) is 2. The van der Waals surface area contributed by atoms with E-state index in [4.69, 9.17) is 5.73 Å². The summed E-state index contributed by atoms with van der Waals surface area (Å²) in [5.74, 6) is 0.0684. The number of nitrogens with zero attached hydrogens (tertiary/aromatic N) is 1. The van der Waals surface area contributed by atoms with Crippen LogP contribution in [0.2, 0.25) is 0 Å². The van der Waals surface area contributed by atoms with E-state index in [1.807, 2.05) is 23.1 Å². The van der Waals surface area contributed by atoms with Gasteiger partial charge in [-0.2, -0.15) is 0 Å². The average molecular weight is 377 g/mol. The third kappa shape index (κ3) is 3.76. The van der Waals surface area contributed by atoms with Crippen LogP contribution in [-0.2, 0) is 10.2 Å². The summed E-state index contributed by atoms with van der Waals surface area (Å²) in [6.07, 6.45) is 0. The maximum absolute atomic E-state index is 14.2. The molecule has 1 amide bonds. The fourth-order valence-electron chi connectivity index (χ4n) is 3.83. The van der Waals surface area contributed by atoms with E-state index in [9.17, 15) is 9.18 Å². The van der Waals surface area contributed by atoms with Crippen molar-refractivity contribution in [3.63, 3.8) is 0 Å². The fourth-order valence-corrected chi connectivity index (χ4v) is 3.83. The summed E-state index contributed by atoms with van der Waals surface area (Å²) in [7, 11) is 0. The van der Waals surface area contributed by atoms with E-state index in [-0.39, 0.29) is 36.0 Å². The van der Waals surface area contributed by atoms with Gasteiger partial charge in [0, 0.05) is 24.6 Å². The second-order valence-electron chi connectivity index (χ2n) is 7.33. The normalized spacial score (nSPS) is 19.9. The van der Waals surface area contributed by atoms with E-state index in [2.05, 4.69) is 12.1 Å². The highest BCUT2D eigenvalue weighted by Gasteiger charge is 2.42. The molecule has 2 atom stereocenters. The lowest BCUT2D eigenvalue weighted by Gasteiger charge is -2.30. The monoisotopic (exact) mass is 376 g/mol. The highest BCUT2D eigenvalue weighted by molar-refractivity contribution is 5.87. The molecule has 1 saturated heterocycles. The number of carbonyl (C=O) groups excluding carboxylic acids is 1. The number of hydrogen-bond donors (Lipinski definition) is 1. The van der Waals surface area contributed by atoms with Crippen LogP contribution < -0.4 is 5.73 Å². The van der Waals surface area contributed by atoms with Gasteiger partial charge in [-0.3, -0.25) is 4.79 Å². The van der Waals surface area contributed by atoms with Crippen molar-refractivity contribution in [2.45, 2.75) is 25.2 Å². The molecule has 26 heavy (non-hydrogen) atoms. The molecule has 2 aromatic carbocycles. The van der Waals surface area contributed by atoms with E-state index < -0.39 is 5.41 Å². The van der Waals surface area contributed by atoms with E-state index in [0.29, 0.717) is 25.2 Å². The van der Waals surface area contributed by atoms with Gasteiger partial charge < -0.3 is 10.6 Å². The molecule has 1 aliphatic rings. The molecule has 0 aliphatic carbocycles. The predicted octanol–water partition coefficient (Wildman–Crippen LogP) is 3.73. The topological polar surface area (TPSA) is 46.3 Å². The standard InChI is InChI=1S/C21H25FN2O.ClH/c1-21(2,18-10-6-7-11-19(18)22)20(25)24-13-16(12-23)17(14-24)15-8-4-3-5-9-15;/h3-11,16-17H,12-14,23H2,1-2H3;1H/t16-,17+;/m1./s1. The molecule has 1 aliphatic heterocycles. The Hall–Kier alpha value is -1.91. The maximum atomic E-state index is 14.2. The summed E-state index contributed by atoms with van der Waals surface area (Å²) in [6, 6.07) is 16.7. The first-order valence-electron chi connectivity index (χ1n) is 8.74.